The van der Waals surface area contributed by atoms with Gasteiger partial charge in [-0.2, -0.15) is 0 Å². The molecule has 0 bridgehead atoms. The summed E-state index contributed by atoms with van der Waals surface area (Å²) in [4.78, 5) is 15.5. The van der Waals surface area contributed by atoms with Crippen LogP contribution in [0.5, 0.6) is 11.5 Å². The van der Waals surface area contributed by atoms with Crippen LogP contribution in [0.15, 0.2) is 109 Å². The smallest absolute Gasteiger partial charge is 0.254 e. The lowest BCUT2D eigenvalue weighted by Gasteiger charge is -2.35. The highest BCUT2D eigenvalue weighted by Crippen LogP contribution is 2.27. The summed E-state index contributed by atoms with van der Waals surface area (Å²) in [5, 5.41) is 26.7. The number of thiazole rings is 2. The van der Waals surface area contributed by atoms with E-state index in [0.717, 1.165) is 89.3 Å². The molecule has 20 heteroatoms. The van der Waals surface area contributed by atoms with Crippen LogP contribution in [-0.2, 0) is 20.0 Å². The van der Waals surface area contributed by atoms with Gasteiger partial charge in [-0.05, 0) is 62.4 Å². The number of ether oxygens (including phenoxy) is 2. The molecule has 364 valence electrons. The first-order valence-corrected chi connectivity index (χ1v) is 26.5. The standard InChI is InChI=1S/C23H30N4O4S2.C15H21N3O2S.C8H9NO2S.CH4/c1-18-24-22-15-21(7-8-23(22)32-18)31-17-20(28)16-27-11-9-26(10-12-27)13-14-33(29,30)25-19-5-3-2-4-6-19;1-11-17-14-8-13(2-3-15(14)21-11)20-10-12(19)9-18-6-4-16-5-7-18;1-2-12(10,11)9-8-6-4-3-5-7-8;/h2-8,15,20,25,28H,9-14,16-17H2,1H3;2-3,8,12,16,19H,4-7,9-10H2,1H3;2-7,9H,1H2;1H4/t20-;12-;;/m11../s1. The van der Waals surface area contributed by atoms with Crippen molar-refractivity contribution in [3.63, 3.8) is 0 Å². The molecular weight excluding hydrogens is 933 g/mol. The molecule has 0 radical (unpaired) electrons. The molecule has 2 atom stereocenters. The molecule has 6 aromatic rings. The number of para-hydroxylation sites is 2. The molecule has 2 saturated heterocycles. The van der Waals surface area contributed by atoms with E-state index in [0.29, 0.717) is 43.4 Å². The number of rotatable bonds is 18. The van der Waals surface area contributed by atoms with E-state index < -0.39 is 32.3 Å². The summed E-state index contributed by atoms with van der Waals surface area (Å²) in [5.74, 6) is 1.54. The number of anilines is 2. The van der Waals surface area contributed by atoms with E-state index in [4.69, 9.17) is 9.47 Å². The van der Waals surface area contributed by atoms with E-state index in [-0.39, 0.29) is 19.8 Å². The Labute approximate surface area is 403 Å². The lowest BCUT2D eigenvalue weighted by molar-refractivity contribution is 0.0472. The number of aliphatic hydroxyl groups is 2. The van der Waals surface area contributed by atoms with Gasteiger partial charge in [-0.3, -0.25) is 24.1 Å². The molecule has 5 N–H and O–H groups in total. The van der Waals surface area contributed by atoms with Gasteiger partial charge in [-0.15, -0.1) is 22.7 Å². The molecule has 4 heterocycles. The summed E-state index contributed by atoms with van der Waals surface area (Å²) in [7, 11) is -6.74. The summed E-state index contributed by atoms with van der Waals surface area (Å²) in [6.07, 6.45) is -1.06. The molecule has 16 nitrogen and oxygen atoms in total. The Hall–Kier alpha value is -4.74. The third-order valence-corrected chi connectivity index (χ3v) is 14.5. The Balaban J connectivity index is 0.000000210. The van der Waals surface area contributed by atoms with Gasteiger partial charge in [0.25, 0.3) is 10.0 Å². The first-order chi connectivity index (χ1) is 31.7. The first kappa shape index (κ1) is 53.2. The molecular formula is C47H64N8O8S4. The van der Waals surface area contributed by atoms with Crippen LogP contribution in [0.3, 0.4) is 0 Å². The van der Waals surface area contributed by atoms with Gasteiger partial charge >= 0.3 is 0 Å². The number of piperazine rings is 2. The molecule has 0 amide bonds. The number of aromatic nitrogens is 2. The van der Waals surface area contributed by atoms with Gasteiger partial charge in [0.05, 0.1) is 36.2 Å². The highest BCUT2D eigenvalue weighted by Gasteiger charge is 2.22. The predicted molar refractivity (Wildman–Crippen MR) is 274 cm³/mol. The monoisotopic (exact) mass is 996 g/mol. The van der Waals surface area contributed by atoms with Crippen LogP contribution < -0.4 is 24.2 Å². The second-order valence-corrected chi connectivity index (χ2v) is 21.8. The molecule has 2 fully saturated rings. The average Bonchev–Trinajstić information content (AvgIpc) is 3.88. The van der Waals surface area contributed by atoms with Crippen molar-refractivity contribution >= 4 is 74.5 Å². The molecule has 0 spiro atoms. The minimum Gasteiger partial charge on any atom is -0.491 e. The predicted octanol–water partition coefficient (Wildman–Crippen LogP) is 5.86. The Morgan fingerprint density at radius 2 is 1.13 bits per heavy atom. The zero-order valence-corrected chi connectivity index (χ0v) is 40.6. The maximum absolute atomic E-state index is 12.3. The third kappa shape index (κ3) is 18.4. The fourth-order valence-electron chi connectivity index (χ4n) is 7.10. The van der Waals surface area contributed by atoms with Crippen molar-refractivity contribution < 1.29 is 36.5 Å². The SMILES string of the molecule is C.C=CS(=O)(=O)Nc1ccccc1.Cc1nc2cc(OC[C@H](O)CN3CCN(CCS(=O)(=O)Nc4ccccc4)CC3)ccc2s1.Cc1nc2cc(OC[C@H](O)CN3CCNCC3)ccc2s1. The summed E-state index contributed by atoms with van der Waals surface area (Å²) in [5.41, 5.74) is 3.01. The number of nitrogens with zero attached hydrogens (tertiary/aromatic N) is 5. The van der Waals surface area contributed by atoms with E-state index in [1.807, 2.05) is 62.4 Å². The minimum absolute atomic E-state index is 0. The first-order valence-electron chi connectivity index (χ1n) is 21.7. The van der Waals surface area contributed by atoms with Crippen molar-refractivity contribution in [3.8, 4) is 11.5 Å². The van der Waals surface area contributed by atoms with Crippen LogP contribution >= 0.6 is 22.7 Å². The quantitative estimate of drug-likeness (QED) is 0.0686. The molecule has 0 saturated carbocycles. The molecule has 0 unspecified atom stereocenters. The summed E-state index contributed by atoms with van der Waals surface area (Å²) >= 11 is 3.33. The van der Waals surface area contributed by atoms with Gasteiger partial charge in [-0.25, -0.2) is 26.8 Å². The van der Waals surface area contributed by atoms with Gasteiger partial charge in [-0.1, -0.05) is 50.4 Å². The number of hydrogen-bond acceptors (Lipinski definition) is 16. The highest BCUT2D eigenvalue weighted by atomic mass is 32.2. The maximum Gasteiger partial charge on any atom is 0.254 e. The molecule has 2 aliphatic heterocycles. The van der Waals surface area contributed by atoms with Crippen LogP contribution in [0.1, 0.15) is 17.4 Å². The number of sulfonamides is 2. The zero-order chi connectivity index (χ0) is 46.9. The molecule has 2 aromatic heterocycles. The maximum atomic E-state index is 12.3. The number of nitrogens with one attached hydrogen (secondary N) is 3. The molecule has 0 aliphatic carbocycles. The van der Waals surface area contributed by atoms with E-state index >= 15 is 0 Å². The van der Waals surface area contributed by atoms with Crippen LogP contribution in [0, 0.1) is 13.8 Å². The van der Waals surface area contributed by atoms with Crippen molar-refractivity contribution in [2.75, 3.05) is 100 Å². The van der Waals surface area contributed by atoms with Gasteiger partial charge in [0.15, 0.2) is 0 Å². The second-order valence-electron chi connectivity index (χ2n) is 15.8. The number of β-amino-alcohol motifs (C(OH)–C–C–N with tert-alkyl or cyclic N) is 2. The summed E-state index contributed by atoms with van der Waals surface area (Å²) < 4.78 is 65.2. The van der Waals surface area contributed by atoms with Crippen molar-refractivity contribution in [1.82, 2.24) is 30.0 Å². The minimum atomic E-state index is -3.38. The Kier molecular flexibility index (Phi) is 20.8. The lowest BCUT2D eigenvalue weighted by atomic mass is 10.2. The van der Waals surface area contributed by atoms with E-state index in [9.17, 15) is 27.0 Å². The average molecular weight is 997 g/mol. The van der Waals surface area contributed by atoms with Crippen molar-refractivity contribution in [1.29, 1.82) is 0 Å². The second kappa shape index (κ2) is 26.1. The Morgan fingerprint density at radius 3 is 1.61 bits per heavy atom. The van der Waals surface area contributed by atoms with Crippen molar-refractivity contribution in [3.05, 3.63) is 119 Å². The van der Waals surface area contributed by atoms with Crippen molar-refractivity contribution in [2.24, 2.45) is 0 Å². The lowest BCUT2D eigenvalue weighted by Crippen LogP contribution is -2.50. The Bertz CT molecular complexity index is 2640. The highest BCUT2D eigenvalue weighted by molar-refractivity contribution is 7.95. The fraction of sp³-hybridized carbons (Fsp3) is 0.404. The Morgan fingerprint density at radius 1 is 0.687 bits per heavy atom. The summed E-state index contributed by atoms with van der Waals surface area (Å²) in [6, 6.07) is 29.3. The number of hydrogen-bond donors (Lipinski definition) is 5. The number of fused-ring (bicyclic) bond motifs is 2. The van der Waals surface area contributed by atoms with Gasteiger partial charge in [0.1, 0.15) is 36.9 Å². The molecule has 2 aliphatic rings. The van der Waals surface area contributed by atoms with Crippen LogP contribution in [0.2, 0.25) is 0 Å². The van der Waals surface area contributed by atoms with E-state index in [1.165, 1.54) is 4.70 Å². The zero-order valence-electron chi connectivity index (χ0n) is 37.3. The van der Waals surface area contributed by atoms with E-state index in [2.05, 4.69) is 46.0 Å². The fourth-order valence-corrected chi connectivity index (χ4v) is 10.4. The van der Waals surface area contributed by atoms with Crippen LogP contribution in [-0.4, -0.2) is 155 Å². The van der Waals surface area contributed by atoms with E-state index in [1.54, 1.807) is 71.2 Å². The normalized spacial score (nSPS) is 15.8. The third-order valence-electron chi connectivity index (χ3n) is 10.4. The number of aliphatic hydroxyl groups excluding tert-OH is 2. The molecule has 67 heavy (non-hydrogen) atoms. The largest absolute Gasteiger partial charge is 0.491 e. The van der Waals surface area contributed by atoms with Gasteiger partial charge < -0.3 is 25.0 Å². The van der Waals surface area contributed by atoms with Crippen LogP contribution in [0.25, 0.3) is 20.4 Å². The number of aryl methyl sites for hydroxylation is 2. The summed E-state index contributed by atoms with van der Waals surface area (Å²) in [6.45, 7) is 16.5. The van der Waals surface area contributed by atoms with Crippen molar-refractivity contribution in [2.45, 2.75) is 33.5 Å². The van der Waals surface area contributed by atoms with Gasteiger partial charge in [0, 0.05) is 101 Å². The molecule has 8 rings (SSSR count). The van der Waals surface area contributed by atoms with Gasteiger partial charge in [0.2, 0.25) is 10.0 Å². The van der Waals surface area contributed by atoms with Crippen LogP contribution in [0.4, 0.5) is 11.4 Å². The number of benzene rings is 4. The molecule has 4 aromatic carbocycles. The topological polar surface area (TPSA) is 199 Å².